The Morgan fingerprint density at radius 1 is 0.578 bits per heavy atom. The molecule has 116 heavy (non-hydrogen) atoms. The largest absolute Gasteiger partial charge is 0.490 e. The van der Waals surface area contributed by atoms with Gasteiger partial charge in [0.15, 0.2) is 11.6 Å². The molecule has 9 aromatic rings. The van der Waals surface area contributed by atoms with E-state index in [0.29, 0.717) is 101 Å². The minimum Gasteiger partial charge on any atom is -0.490 e. The van der Waals surface area contributed by atoms with Crippen LogP contribution in [0.3, 0.4) is 0 Å². The predicted octanol–water partition coefficient (Wildman–Crippen LogP) is 11.4. The van der Waals surface area contributed by atoms with Crippen LogP contribution in [0, 0.1) is 22.7 Å². The fourth-order valence-electron chi connectivity index (χ4n) is 13.3. The molecule has 0 saturated carbocycles. The van der Waals surface area contributed by atoms with Gasteiger partial charge in [-0.1, -0.05) is 105 Å². The summed E-state index contributed by atoms with van der Waals surface area (Å²) in [5.41, 5.74) is 42.8. The summed E-state index contributed by atoms with van der Waals surface area (Å²) < 4.78 is 23.0. The zero-order valence-electron chi connectivity index (χ0n) is 68.8. The number of amides is 6. The Morgan fingerprint density at radius 3 is 1.51 bits per heavy atom. The Bertz CT molecular complexity index is 5050. The summed E-state index contributed by atoms with van der Waals surface area (Å²) in [6.45, 7) is 25.5. The lowest BCUT2D eigenvalue weighted by atomic mass is 9.82. The van der Waals surface area contributed by atoms with E-state index in [-0.39, 0.29) is 94.9 Å². The molecule has 0 aliphatic rings. The van der Waals surface area contributed by atoms with Gasteiger partial charge < -0.3 is 78.1 Å². The van der Waals surface area contributed by atoms with Crippen molar-refractivity contribution in [3.8, 4) is 63.2 Å². The smallest absolute Gasteiger partial charge is 0.251 e. The minimum absolute atomic E-state index is 0.0781. The number of carbonyl (C=O) groups excluding carboxylic acids is 7. The first-order chi connectivity index (χ1) is 54.6. The molecule has 614 valence electrons. The number of primary amides is 4. The molecule has 6 amide bonds. The lowest BCUT2D eigenvalue weighted by Crippen LogP contribution is -2.40. The van der Waals surface area contributed by atoms with Crippen molar-refractivity contribution < 1.29 is 52.9 Å². The van der Waals surface area contributed by atoms with Gasteiger partial charge in [0.1, 0.15) is 46.6 Å². The maximum atomic E-state index is 13.0. The number of imidazole rings is 3. The van der Waals surface area contributed by atoms with Crippen LogP contribution in [0.5, 0.6) is 17.2 Å². The van der Waals surface area contributed by atoms with Gasteiger partial charge in [-0.25, -0.2) is 15.0 Å². The van der Waals surface area contributed by atoms with Gasteiger partial charge in [-0.05, 0) is 171 Å². The minimum atomic E-state index is -1.08. The second kappa shape index (κ2) is 40.8. The quantitative estimate of drug-likeness (QED) is 0.0169. The first-order valence-electron chi connectivity index (χ1n) is 38.4. The molecule has 27 nitrogen and oxygen atoms in total. The van der Waals surface area contributed by atoms with Crippen LogP contribution in [0.15, 0.2) is 134 Å². The summed E-state index contributed by atoms with van der Waals surface area (Å²) in [5.74, 6) is -0.607. The van der Waals surface area contributed by atoms with Gasteiger partial charge >= 0.3 is 0 Å². The van der Waals surface area contributed by atoms with E-state index in [9.17, 15) is 49.2 Å². The molecule has 0 fully saturated rings. The predicted molar refractivity (Wildman–Crippen MR) is 447 cm³/mol. The van der Waals surface area contributed by atoms with E-state index in [2.05, 4.69) is 58.1 Å². The SMILES string of the molecule is CC(=O)c1nc(-c2ccc(C[C@@H](CCC(N)=O)NC(=O)c3ccc(OC(C)C)c(C#N)c3)cc2)cn1C.CC(C)Oc1ccc(C(N)=O)c([C@@H](CNC(=O)[C@@H](C)N)Cc2ccc(-c3cn(CCN)c(C(C)(C)C)n3)cc2)c1Cl.CC(C)Oc1ccc(C(N)=O)c([C@H](CCC(N)=O)Cc2ccc(-c3cn(C)c(C(C)(C)O)n3)cc2)c1C#N. The number of Topliss-reactive ketones (excluding diaryl/α,β-unsaturated/α-hetero) is 1. The lowest BCUT2D eigenvalue weighted by Gasteiger charge is -2.24. The summed E-state index contributed by atoms with van der Waals surface area (Å²) in [6.07, 6.45) is 7.54. The van der Waals surface area contributed by atoms with Crippen LogP contribution in [0.1, 0.15) is 220 Å². The summed E-state index contributed by atoms with van der Waals surface area (Å²) >= 11 is 6.84. The Kier molecular flexibility index (Phi) is 32.1. The fourth-order valence-corrected chi connectivity index (χ4v) is 13.7. The fraction of sp³-hybridized carbons (Fsp3) is 0.386. The molecule has 0 spiro atoms. The molecule has 4 atom stereocenters. The zero-order chi connectivity index (χ0) is 85.8. The molecule has 0 saturated heterocycles. The molecule has 0 radical (unpaired) electrons. The van der Waals surface area contributed by atoms with E-state index >= 15 is 0 Å². The first kappa shape index (κ1) is 91.2. The highest BCUT2D eigenvalue weighted by atomic mass is 35.5. The van der Waals surface area contributed by atoms with Gasteiger partial charge in [-0.3, -0.25) is 33.6 Å². The van der Waals surface area contributed by atoms with Crippen molar-refractivity contribution in [2.75, 3.05) is 13.1 Å². The first-order valence-corrected chi connectivity index (χ1v) is 38.8. The number of aliphatic hydroxyl groups is 1. The zero-order valence-corrected chi connectivity index (χ0v) is 69.5. The van der Waals surface area contributed by atoms with Crippen molar-refractivity contribution in [1.29, 1.82) is 10.5 Å². The number of nitriles is 2. The van der Waals surface area contributed by atoms with Crippen molar-refractivity contribution in [1.82, 2.24) is 39.3 Å². The maximum Gasteiger partial charge on any atom is 0.251 e. The maximum absolute atomic E-state index is 13.0. The molecule has 0 aliphatic carbocycles. The Balaban J connectivity index is 0.000000241. The molecule has 0 unspecified atom stereocenters. The van der Waals surface area contributed by atoms with E-state index in [1.807, 2.05) is 134 Å². The summed E-state index contributed by atoms with van der Waals surface area (Å²) in [7, 11) is 3.61. The van der Waals surface area contributed by atoms with Crippen LogP contribution in [0.2, 0.25) is 5.02 Å². The Hall–Kier alpha value is -12.0. The summed E-state index contributed by atoms with van der Waals surface area (Å²) in [4.78, 5) is 99.0. The Morgan fingerprint density at radius 2 is 1.04 bits per heavy atom. The third-order valence-electron chi connectivity index (χ3n) is 18.6. The highest BCUT2D eigenvalue weighted by molar-refractivity contribution is 6.33. The van der Waals surface area contributed by atoms with Crippen molar-refractivity contribution in [3.05, 3.63) is 212 Å². The molecule has 0 bridgehead atoms. The molecule has 9 rings (SSSR count). The van der Waals surface area contributed by atoms with Gasteiger partial charge in [-0.15, -0.1) is 0 Å². The number of hydrogen-bond donors (Lipinski definition) is 9. The number of aryl methyl sites for hydroxylation is 2. The summed E-state index contributed by atoms with van der Waals surface area (Å²) in [6, 6.07) is 37.8. The van der Waals surface area contributed by atoms with Gasteiger partial charge in [0.05, 0.1) is 57.6 Å². The number of halogens is 1. The van der Waals surface area contributed by atoms with Crippen LogP contribution in [-0.2, 0) is 65.3 Å². The molecule has 3 heterocycles. The number of rotatable bonds is 34. The molecular formula is C88H109ClN16O11. The number of ether oxygens (including phenoxy) is 3. The third-order valence-corrected chi connectivity index (χ3v) is 19.0. The normalized spacial score (nSPS) is 12.4. The van der Waals surface area contributed by atoms with Crippen molar-refractivity contribution in [2.24, 2.45) is 48.5 Å². The second-order valence-electron chi connectivity index (χ2n) is 31.1. The van der Waals surface area contributed by atoms with E-state index in [1.165, 1.54) is 13.0 Å². The van der Waals surface area contributed by atoms with Crippen LogP contribution in [-0.4, -0.2) is 118 Å². The number of nitrogens with two attached hydrogens (primary N) is 6. The van der Waals surface area contributed by atoms with Crippen molar-refractivity contribution >= 4 is 52.8 Å². The number of benzene rings is 6. The standard InChI is InChI=1S/C31H43ClN6O3.C29H35N5O4.C28H31N5O4/c1-18(2)41-25-12-11-23(28(35)39)26(27(25)32)22(16-36-29(40)19(3)34)15-20-7-9-21(10-8-20)24-17-38(14-13-33)30(37-24)31(4,5)6;1-17(2)38-24-12-11-21(27(32)36)26(22(24)15-30)20(10-13-25(31)35)14-18-6-8-19(9-7-18)23-16-34(5)28(33-23)29(3,4)37;1-17(2)37-25-11-9-21(14-22(25)15-29)28(36)31-23(10-12-26(30)35)13-19-5-7-20(8-6-19)24-16-33(4)27(32-24)18(3)34/h7-12,17-19,22H,13-16,33-34H2,1-6H3,(H2,35,39)(H,36,40);6-9,11-12,16-17,20,37H,10,13-14H2,1-5H3,(H2,31,35)(H2,32,36);5-9,11,14,16-17,23H,10,12-13H2,1-4H3,(H2,30,35)(H,31,36)/t19-,22-;20-;23-/m111/s1. The number of nitrogens with one attached hydrogen (secondary N) is 2. The van der Waals surface area contributed by atoms with Crippen molar-refractivity contribution in [2.45, 2.75) is 195 Å². The molecule has 28 heteroatoms. The van der Waals surface area contributed by atoms with Crippen LogP contribution < -0.4 is 59.2 Å². The summed E-state index contributed by atoms with van der Waals surface area (Å²) in [5, 5.41) is 36.0. The molecule has 15 N–H and O–H groups in total. The monoisotopic (exact) mass is 1600 g/mol. The van der Waals surface area contributed by atoms with Gasteiger partial charge in [0.2, 0.25) is 29.5 Å². The number of nitrogens with zero attached hydrogens (tertiary/aromatic N) is 8. The molecular weight excluding hydrogens is 1490 g/mol. The Labute approximate surface area is 683 Å². The average molecular weight is 1600 g/mol. The van der Waals surface area contributed by atoms with E-state index < -0.39 is 41.2 Å². The topological polar surface area (TPSA) is 449 Å². The molecule has 6 aromatic carbocycles. The van der Waals surface area contributed by atoms with Crippen LogP contribution in [0.4, 0.5) is 0 Å². The van der Waals surface area contributed by atoms with E-state index in [1.54, 1.807) is 79.5 Å². The number of aromatic nitrogens is 6. The van der Waals surface area contributed by atoms with Crippen molar-refractivity contribution in [3.63, 3.8) is 0 Å². The highest BCUT2D eigenvalue weighted by Gasteiger charge is 2.31. The van der Waals surface area contributed by atoms with Gasteiger partial charge in [0.25, 0.3) is 5.91 Å². The molecule has 0 aliphatic heterocycles. The van der Waals surface area contributed by atoms with E-state index in [0.717, 1.165) is 50.6 Å². The molecule has 3 aromatic heterocycles. The highest BCUT2D eigenvalue weighted by Crippen LogP contribution is 2.40. The number of carbonyl (C=O) groups is 7. The van der Waals surface area contributed by atoms with Crippen LogP contribution >= 0.6 is 11.6 Å². The number of ketones is 1. The number of hydrogen-bond acceptors (Lipinski definition) is 18. The third kappa shape index (κ3) is 25.2. The second-order valence-corrected chi connectivity index (χ2v) is 31.5. The van der Waals surface area contributed by atoms with Gasteiger partial charge in [-0.2, -0.15) is 10.5 Å². The van der Waals surface area contributed by atoms with Crippen LogP contribution in [0.25, 0.3) is 33.8 Å². The lowest BCUT2D eigenvalue weighted by molar-refractivity contribution is -0.122. The van der Waals surface area contributed by atoms with Gasteiger partial charge in [0, 0.05) is 123 Å². The van der Waals surface area contributed by atoms with E-state index in [4.69, 9.17) is 65.2 Å². The average Bonchev–Trinajstić information content (AvgIpc) is 0.995.